The number of hydrogen-bond acceptors (Lipinski definition) is 5. The average Bonchev–Trinajstić information content (AvgIpc) is 3.16. The molecule has 1 aromatic carbocycles. The number of fused-ring (bicyclic) bond motifs is 1. The van der Waals surface area contributed by atoms with Gasteiger partial charge in [0, 0.05) is 18.5 Å². The zero-order valence-electron chi connectivity index (χ0n) is 10.3. The van der Waals surface area contributed by atoms with E-state index >= 15 is 0 Å². The van der Waals surface area contributed by atoms with Crippen LogP contribution in [-0.4, -0.2) is 24.7 Å². The molecule has 0 spiro atoms. The molecule has 0 N–H and O–H groups in total. The molecule has 0 saturated carbocycles. The van der Waals surface area contributed by atoms with E-state index in [-0.39, 0.29) is 0 Å². The number of benzene rings is 1. The van der Waals surface area contributed by atoms with Crippen molar-refractivity contribution in [3.05, 3.63) is 55.4 Å². The van der Waals surface area contributed by atoms with Crippen LogP contribution in [-0.2, 0) is 0 Å². The van der Waals surface area contributed by atoms with Crippen LogP contribution >= 0.6 is 0 Å². The molecule has 0 amide bonds. The van der Waals surface area contributed by atoms with Gasteiger partial charge >= 0.3 is 0 Å². The van der Waals surface area contributed by atoms with Crippen LogP contribution < -0.4 is 0 Å². The van der Waals surface area contributed by atoms with Crippen LogP contribution in [0.15, 0.2) is 59.8 Å². The van der Waals surface area contributed by atoms with E-state index in [0.717, 1.165) is 22.4 Å². The van der Waals surface area contributed by atoms with E-state index in [1.807, 2.05) is 34.9 Å². The Hall–Kier alpha value is -3.02. The largest absolute Gasteiger partial charge is 0.436 e. The molecule has 6 nitrogen and oxygen atoms in total. The Morgan fingerprint density at radius 1 is 1.05 bits per heavy atom. The molecule has 0 radical (unpaired) electrons. The highest BCUT2D eigenvalue weighted by atomic mass is 16.3. The number of pyridine rings is 1. The van der Waals surface area contributed by atoms with Gasteiger partial charge in [-0.05, 0) is 24.3 Å². The molecule has 0 aliphatic rings. The normalized spacial score (nSPS) is 11.0. The van der Waals surface area contributed by atoms with Crippen molar-refractivity contribution in [2.24, 2.45) is 0 Å². The third-order valence-electron chi connectivity index (χ3n) is 3.00. The molecule has 6 heteroatoms. The first-order chi connectivity index (χ1) is 9.90. The molecule has 3 heterocycles. The van der Waals surface area contributed by atoms with Gasteiger partial charge in [0.25, 0.3) is 0 Å². The summed E-state index contributed by atoms with van der Waals surface area (Å²) in [5, 5.41) is 7.58. The van der Waals surface area contributed by atoms with Gasteiger partial charge in [-0.3, -0.25) is 9.55 Å². The maximum absolute atomic E-state index is 5.79. The lowest BCUT2D eigenvalue weighted by molar-refractivity contribution is 0.619. The third kappa shape index (κ3) is 1.74. The number of oxazole rings is 1. The highest BCUT2D eigenvalue weighted by Crippen LogP contribution is 2.25. The van der Waals surface area contributed by atoms with Crippen molar-refractivity contribution in [3.63, 3.8) is 0 Å². The van der Waals surface area contributed by atoms with Gasteiger partial charge in [0.15, 0.2) is 5.58 Å². The molecule has 3 aromatic heterocycles. The fourth-order valence-corrected chi connectivity index (χ4v) is 2.02. The first-order valence-electron chi connectivity index (χ1n) is 6.06. The summed E-state index contributed by atoms with van der Waals surface area (Å²) in [5.41, 5.74) is 3.31. The van der Waals surface area contributed by atoms with Crippen LogP contribution in [0.4, 0.5) is 0 Å². The summed E-state index contributed by atoms with van der Waals surface area (Å²) in [7, 11) is 0. The summed E-state index contributed by atoms with van der Waals surface area (Å²) < 4.78 is 7.60. The van der Waals surface area contributed by atoms with E-state index in [1.165, 1.54) is 0 Å². The molecule has 0 aliphatic heterocycles. The van der Waals surface area contributed by atoms with Gasteiger partial charge in [-0.25, -0.2) is 4.98 Å². The summed E-state index contributed by atoms with van der Waals surface area (Å²) in [5.74, 6) is 0.564. The van der Waals surface area contributed by atoms with Gasteiger partial charge in [0.2, 0.25) is 5.89 Å². The molecule has 0 bridgehead atoms. The van der Waals surface area contributed by atoms with E-state index in [0.29, 0.717) is 5.89 Å². The van der Waals surface area contributed by atoms with Crippen LogP contribution in [0.5, 0.6) is 0 Å². The quantitative estimate of drug-likeness (QED) is 0.555. The summed E-state index contributed by atoms with van der Waals surface area (Å²) in [4.78, 5) is 8.53. The van der Waals surface area contributed by atoms with Gasteiger partial charge in [0.1, 0.15) is 18.2 Å². The summed E-state index contributed by atoms with van der Waals surface area (Å²) in [6, 6.07) is 9.53. The van der Waals surface area contributed by atoms with Crippen LogP contribution in [0.3, 0.4) is 0 Å². The van der Waals surface area contributed by atoms with Gasteiger partial charge < -0.3 is 4.42 Å². The lowest BCUT2D eigenvalue weighted by atomic mass is 10.3. The van der Waals surface area contributed by atoms with Gasteiger partial charge in [-0.1, -0.05) is 0 Å². The minimum Gasteiger partial charge on any atom is -0.436 e. The van der Waals surface area contributed by atoms with E-state index in [1.54, 1.807) is 25.0 Å². The maximum Gasteiger partial charge on any atom is 0.228 e. The topological polar surface area (TPSA) is 69.6 Å². The molecule has 0 fully saturated rings. The number of hydrogen-bond donors (Lipinski definition) is 0. The van der Waals surface area contributed by atoms with Crippen LogP contribution in [0.1, 0.15) is 0 Å². The van der Waals surface area contributed by atoms with Crippen molar-refractivity contribution >= 4 is 11.1 Å². The fourth-order valence-electron chi connectivity index (χ4n) is 2.02. The van der Waals surface area contributed by atoms with E-state index < -0.39 is 0 Å². The predicted molar refractivity (Wildman–Crippen MR) is 72.2 cm³/mol. The van der Waals surface area contributed by atoms with Crippen molar-refractivity contribution < 1.29 is 4.42 Å². The van der Waals surface area contributed by atoms with Crippen molar-refractivity contribution in [2.75, 3.05) is 0 Å². The minimum atomic E-state index is 0.564. The zero-order chi connectivity index (χ0) is 13.4. The molecule has 0 atom stereocenters. The SMILES string of the molecule is c1cncc(-c2nc3ccc(-n4cnnc4)cc3o2)c1. The predicted octanol–water partition coefficient (Wildman–Crippen LogP) is 2.47. The lowest BCUT2D eigenvalue weighted by Gasteiger charge is -1.98. The van der Waals surface area contributed by atoms with Gasteiger partial charge in [0.05, 0.1) is 11.3 Å². The summed E-state index contributed by atoms with van der Waals surface area (Å²) in [6.07, 6.45) is 6.72. The van der Waals surface area contributed by atoms with E-state index in [9.17, 15) is 0 Å². The van der Waals surface area contributed by atoms with Gasteiger partial charge in [-0.2, -0.15) is 0 Å². The highest BCUT2D eigenvalue weighted by molar-refractivity contribution is 5.78. The average molecular weight is 263 g/mol. The van der Waals surface area contributed by atoms with E-state index in [4.69, 9.17) is 4.42 Å². The Balaban J connectivity index is 1.84. The monoisotopic (exact) mass is 263 g/mol. The van der Waals surface area contributed by atoms with Crippen molar-refractivity contribution in [3.8, 4) is 17.1 Å². The number of aromatic nitrogens is 5. The Bertz CT molecular complexity index is 852. The van der Waals surface area contributed by atoms with Crippen LogP contribution in [0, 0.1) is 0 Å². The van der Waals surface area contributed by atoms with Crippen molar-refractivity contribution in [1.82, 2.24) is 24.7 Å². The molecule has 4 rings (SSSR count). The number of rotatable bonds is 2. The molecular weight excluding hydrogens is 254 g/mol. The standard InChI is InChI=1S/C14H9N5O/c1-2-10(7-15-5-1)14-18-12-4-3-11(6-13(12)20-14)19-8-16-17-9-19/h1-9H. The fraction of sp³-hybridized carbons (Fsp3) is 0. The zero-order valence-corrected chi connectivity index (χ0v) is 10.3. The Morgan fingerprint density at radius 2 is 1.95 bits per heavy atom. The minimum absolute atomic E-state index is 0.564. The maximum atomic E-state index is 5.79. The molecule has 0 unspecified atom stereocenters. The van der Waals surface area contributed by atoms with E-state index in [2.05, 4.69) is 20.2 Å². The molecule has 4 aromatic rings. The Kier molecular flexibility index (Phi) is 2.32. The second kappa shape index (κ2) is 4.27. The Labute approximate surface area is 113 Å². The smallest absolute Gasteiger partial charge is 0.228 e. The molecule has 0 aliphatic carbocycles. The van der Waals surface area contributed by atoms with Crippen molar-refractivity contribution in [1.29, 1.82) is 0 Å². The summed E-state index contributed by atoms with van der Waals surface area (Å²) >= 11 is 0. The second-order valence-electron chi connectivity index (χ2n) is 4.28. The molecule has 20 heavy (non-hydrogen) atoms. The lowest BCUT2D eigenvalue weighted by Crippen LogP contribution is -1.88. The first-order valence-corrected chi connectivity index (χ1v) is 6.06. The van der Waals surface area contributed by atoms with Crippen molar-refractivity contribution in [2.45, 2.75) is 0 Å². The summed E-state index contributed by atoms with van der Waals surface area (Å²) in [6.45, 7) is 0. The third-order valence-corrected chi connectivity index (χ3v) is 3.00. The Morgan fingerprint density at radius 3 is 2.75 bits per heavy atom. The molecule has 96 valence electrons. The molecular formula is C14H9N5O. The van der Waals surface area contributed by atoms with Crippen LogP contribution in [0.2, 0.25) is 0 Å². The highest BCUT2D eigenvalue weighted by Gasteiger charge is 2.09. The van der Waals surface area contributed by atoms with Gasteiger partial charge in [-0.15, -0.1) is 10.2 Å². The number of nitrogens with zero attached hydrogens (tertiary/aromatic N) is 5. The molecule has 0 saturated heterocycles. The first kappa shape index (κ1) is 10.9. The second-order valence-corrected chi connectivity index (χ2v) is 4.28. The van der Waals surface area contributed by atoms with Crippen LogP contribution in [0.25, 0.3) is 28.2 Å².